The van der Waals surface area contributed by atoms with Gasteiger partial charge in [0.05, 0.1) is 15.1 Å². The van der Waals surface area contributed by atoms with E-state index in [1.165, 1.54) is 22.9 Å². The number of likely N-dealkylation sites (N-methyl/N-ethyl adjacent to an activating group) is 1. The summed E-state index contributed by atoms with van der Waals surface area (Å²) >= 11 is 6.85. The van der Waals surface area contributed by atoms with Gasteiger partial charge in [0.1, 0.15) is 5.76 Å². The Morgan fingerprint density at radius 1 is 1.29 bits per heavy atom. The van der Waals surface area contributed by atoms with Gasteiger partial charge in [0.25, 0.3) is 5.91 Å². The van der Waals surface area contributed by atoms with Crippen molar-refractivity contribution >= 4 is 73.1 Å². The molecular weight excluding hydrogens is 503 g/mol. The highest BCUT2D eigenvalue weighted by atomic mass is 127. The summed E-state index contributed by atoms with van der Waals surface area (Å²) in [6.45, 7) is 4.12. The molecule has 2 heterocycles. The number of hydrogen-bond donors (Lipinski definition) is 0. The van der Waals surface area contributed by atoms with Gasteiger partial charge in [-0.25, -0.2) is 4.99 Å². The zero-order valence-corrected chi connectivity index (χ0v) is 17.8. The highest BCUT2D eigenvalue weighted by Gasteiger charge is 2.30. The smallest absolute Gasteiger partial charge is 0.266 e. The molecule has 0 N–H and O–H groups in total. The average Bonchev–Trinajstić information content (AvgIpc) is 2.98. The molecule has 0 saturated carbocycles. The summed E-state index contributed by atoms with van der Waals surface area (Å²) in [5.74, 6) is 0.563. The number of aliphatic imine (C=N–C) groups is 1. The van der Waals surface area contributed by atoms with Crippen LogP contribution in [0.1, 0.15) is 16.9 Å². The first kappa shape index (κ1) is 17.8. The number of rotatable bonds is 2. The molecule has 1 amide bonds. The van der Waals surface area contributed by atoms with Crippen molar-refractivity contribution in [1.82, 2.24) is 4.90 Å². The summed E-state index contributed by atoms with van der Waals surface area (Å²) in [6.07, 6.45) is 1.75. The minimum atomic E-state index is -0.0786. The van der Waals surface area contributed by atoms with E-state index in [0.29, 0.717) is 15.8 Å². The highest BCUT2D eigenvalue weighted by molar-refractivity contribution is 14.1. The summed E-state index contributed by atoms with van der Waals surface area (Å²) in [5.41, 5.74) is 3.25. The van der Waals surface area contributed by atoms with Crippen molar-refractivity contribution in [2.75, 3.05) is 7.05 Å². The molecule has 1 aromatic heterocycles. The van der Waals surface area contributed by atoms with Crippen LogP contribution in [-0.2, 0) is 4.79 Å². The molecule has 1 aliphatic heterocycles. The van der Waals surface area contributed by atoms with Gasteiger partial charge in [0.15, 0.2) is 8.93 Å². The Bertz CT molecular complexity index is 869. The van der Waals surface area contributed by atoms with Gasteiger partial charge in [-0.2, -0.15) is 0 Å². The second-order valence-corrected chi connectivity index (χ2v) is 8.25. The lowest BCUT2D eigenvalue weighted by Gasteiger charge is -2.08. The minimum Gasteiger partial charge on any atom is -0.450 e. The van der Waals surface area contributed by atoms with Gasteiger partial charge in [0.2, 0.25) is 0 Å². The van der Waals surface area contributed by atoms with Crippen LogP contribution in [0.25, 0.3) is 6.08 Å². The summed E-state index contributed by atoms with van der Waals surface area (Å²) in [7, 11) is 1.73. The Morgan fingerprint density at radius 3 is 2.67 bits per heavy atom. The molecule has 4 nitrogen and oxygen atoms in total. The van der Waals surface area contributed by atoms with Crippen LogP contribution in [0, 0.1) is 17.6 Å². The first-order chi connectivity index (χ1) is 11.3. The van der Waals surface area contributed by atoms with Gasteiger partial charge in [-0.05, 0) is 70.9 Å². The summed E-state index contributed by atoms with van der Waals surface area (Å²) < 4.78 is 7.22. The fourth-order valence-electron chi connectivity index (χ4n) is 2.12. The van der Waals surface area contributed by atoms with Crippen LogP contribution in [0.5, 0.6) is 0 Å². The number of hydrogen-bond acceptors (Lipinski definition) is 4. The summed E-state index contributed by atoms with van der Waals surface area (Å²) in [6, 6.07) is 7.87. The van der Waals surface area contributed by atoms with Crippen molar-refractivity contribution in [1.29, 1.82) is 0 Å². The largest absolute Gasteiger partial charge is 0.450 e. The number of amidine groups is 1. The third kappa shape index (κ3) is 3.62. The maximum atomic E-state index is 12.4. The van der Waals surface area contributed by atoms with Gasteiger partial charge in [0, 0.05) is 35.7 Å². The number of thioether (sulfide) groups is 1. The van der Waals surface area contributed by atoms with E-state index in [1.54, 1.807) is 18.0 Å². The third-order valence-corrected chi connectivity index (χ3v) is 6.85. The zero-order chi connectivity index (χ0) is 17.4. The number of benzene rings is 1. The SMILES string of the molecule is Cc1ccc(N=C2S/C(=C\c3cc(Br)c(I)o3)C(=O)N2C)cc1C. The molecule has 124 valence electrons. The first-order valence-corrected chi connectivity index (χ1v) is 9.82. The van der Waals surface area contributed by atoms with Crippen LogP contribution < -0.4 is 0 Å². The van der Waals surface area contributed by atoms with Crippen molar-refractivity contribution in [3.8, 4) is 0 Å². The Balaban J connectivity index is 1.90. The lowest BCUT2D eigenvalue weighted by atomic mass is 10.1. The van der Waals surface area contributed by atoms with Gasteiger partial charge in [-0.1, -0.05) is 6.07 Å². The Hall–Kier alpha value is -1.06. The summed E-state index contributed by atoms with van der Waals surface area (Å²) in [5, 5.41) is 0.662. The quantitative estimate of drug-likeness (QED) is 0.391. The van der Waals surface area contributed by atoms with Crippen molar-refractivity contribution in [2.45, 2.75) is 13.8 Å². The zero-order valence-electron chi connectivity index (χ0n) is 13.3. The van der Waals surface area contributed by atoms with Gasteiger partial charge >= 0.3 is 0 Å². The molecule has 7 heteroatoms. The van der Waals surface area contributed by atoms with Crippen molar-refractivity contribution in [3.05, 3.63) is 54.3 Å². The first-order valence-electron chi connectivity index (χ1n) is 7.13. The van der Waals surface area contributed by atoms with E-state index in [0.717, 1.165) is 13.9 Å². The van der Waals surface area contributed by atoms with Gasteiger partial charge < -0.3 is 4.42 Å². The number of halogens is 2. The van der Waals surface area contributed by atoms with Crippen molar-refractivity contribution in [2.24, 2.45) is 4.99 Å². The lowest BCUT2D eigenvalue weighted by Crippen LogP contribution is -2.23. The highest BCUT2D eigenvalue weighted by Crippen LogP contribution is 2.34. The normalized spacial score (nSPS) is 18.2. The molecule has 0 bridgehead atoms. The molecular formula is C17H14BrIN2O2S. The molecule has 0 radical (unpaired) electrons. The monoisotopic (exact) mass is 516 g/mol. The molecule has 24 heavy (non-hydrogen) atoms. The maximum Gasteiger partial charge on any atom is 0.266 e. The van der Waals surface area contributed by atoms with E-state index in [9.17, 15) is 4.79 Å². The predicted molar refractivity (Wildman–Crippen MR) is 110 cm³/mol. The molecule has 0 unspecified atom stereocenters. The number of nitrogens with zero attached hydrogens (tertiary/aromatic N) is 2. The van der Waals surface area contributed by atoms with E-state index in [-0.39, 0.29) is 5.91 Å². The van der Waals surface area contributed by atoms with E-state index in [2.05, 4.69) is 57.4 Å². The Kier molecular flexibility index (Phi) is 5.22. The average molecular weight is 517 g/mol. The van der Waals surface area contributed by atoms with Crippen molar-refractivity contribution in [3.63, 3.8) is 0 Å². The molecule has 1 fully saturated rings. The van der Waals surface area contributed by atoms with Crippen LogP contribution >= 0.6 is 50.3 Å². The Morgan fingerprint density at radius 2 is 2.04 bits per heavy atom. The minimum absolute atomic E-state index is 0.0786. The van der Waals surface area contributed by atoms with E-state index >= 15 is 0 Å². The topological polar surface area (TPSA) is 45.8 Å². The Labute approximate surface area is 166 Å². The van der Waals surface area contributed by atoms with E-state index in [4.69, 9.17) is 4.42 Å². The van der Waals surface area contributed by atoms with Crippen LogP contribution in [0.2, 0.25) is 0 Å². The molecule has 0 aliphatic carbocycles. The van der Waals surface area contributed by atoms with Gasteiger partial charge in [-0.15, -0.1) is 0 Å². The number of carbonyl (C=O) groups excluding carboxylic acids is 1. The molecule has 0 spiro atoms. The summed E-state index contributed by atoms with van der Waals surface area (Å²) in [4.78, 5) is 19.2. The molecule has 1 aliphatic rings. The molecule has 1 aromatic carbocycles. The molecule has 2 aromatic rings. The fourth-order valence-corrected chi connectivity index (χ4v) is 3.80. The fraction of sp³-hybridized carbons (Fsp3) is 0.176. The second kappa shape index (κ2) is 7.05. The second-order valence-electron chi connectivity index (χ2n) is 5.41. The lowest BCUT2D eigenvalue weighted by molar-refractivity contribution is -0.121. The van der Waals surface area contributed by atoms with Crippen LogP contribution in [0.3, 0.4) is 0 Å². The number of amides is 1. The van der Waals surface area contributed by atoms with Crippen LogP contribution in [0.4, 0.5) is 5.69 Å². The number of aryl methyl sites for hydroxylation is 2. The standard InChI is InChI=1S/C17H14BrIN2O2S/c1-9-4-5-11(6-10(9)2)20-17-21(3)16(22)14(24-17)8-12-7-13(18)15(19)23-12/h4-8H,1-3H3/b14-8-,20-17?. The maximum absolute atomic E-state index is 12.4. The van der Waals surface area contributed by atoms with Crippen molar-refractivity contribution < 1.29 is 9.21 Å². The van der Waals surface area contributed by atoms with Crippen LogP contribution in [0.15, 0.2) is 43.1 Å². The van der Waals surface area contributed by atoms with Crippen LogP contribution in [-0.4, -0.2) is 23.0 Å². The number of furan rings is 1. The van der Waals surface area contributed by atoms with Gasteiger partial charge in [-0.3, -0.25) is 9.69 Å². The third-order valence-electron chi connectivity index (χ3n) is 3.66. The molecule has 0 atom stereocenters. The molecule has 3 rings (SSSR count). The van der Waals surface area contributed by atoms with E-state index in [1.807, 2.05) is 24.3 Å². The predicted octanol–water partition coefficient (Wildman–Crippen LogP) is 5.50. The number of carbonyl (C=O) groups is 1. The van der Waals surface area contributed by atoms with E-state index < -0.39 is 0 Å². The molecule has 1 saturated heterocycles.